The zero-order valence-corrected chi connectivity index (χ0v) is 16.6. The van der Waals surface area contributed by atoms with Crippen LogP contribution in [-0.4, -0.2) is 14.5 Å². The van der Waals surface area contributed by atoms with Gasteiger partial charge in [-0.15, -0.1) is 10.2 Å². The van der Waals surface area contributed by atoms with Crippen molar-refractivity contribution in [1.82, 2.24) is 0 Å². The van der Waals surface area contributed by atoms with Crippen LogP contribution >= 0.6 is 15.9 Å². The first-order valence-electron chi connectivity index (χ1n) is 6.77. The van der Waals surface area contributed by atoms with Crippen LogP contribution in [0.3, 0.4) is 0 Å². The van der Waals surface area contributed by atoms with Gasteiger partial charge in [0.1, 0.15) is 0 Å². The molecule has 0 aliphatic heterocycles. The van der Waals surface area contributed by atoms with E-state index in [0.717, 1.165) is 26.2 Å². The summed E-state index contributed by atoms with van der Waals surface area (Å²) in [5.41, 5.74) is 2.23. The van der Waals surface area contributed by atoms with Crippen molar-refractivity contribution < 1.29 is 38.0 Å². The molecule has 132 valence electrons. The Morgan fingerprint density at radius 1 is 0.960 bits per heavy atom. The minimum absolute atomic E-state index is 0.136. The molecule has 0 saturated heterocycles. The summed E-state index contributed by atoms with van der Waals surface area (Å²) in [6, 6.07) is 18.2. The van der Waals surface area contributed by atoms with Gasteiger partial charge in [0, 0.05) is 0 Å². The third-order valence-corrected chi connectivity index (χ3v) is 4.83. The second kappa shape index (κ2) is 9.47. The van der Waals surface area contributed by atoms with Crippen LogP contribution in [0.25, 0.3) is 11.3 Å². The molecular formula is C16H12BrClO6Se. The molecule has 0 N–H and O–H groups in total. The van der Waals surface area contributed by atoms with Gasteiger partial charge in [0.05, 0.1) is 0 Å². The number of halogens is 2. The van der Waals surface area contributed by atoms with Crippen LogP contribution in [0.4, 0.5) is 0 Å². The molecule has 0 unspecified atom stereocenters. The summed E-state index contributed by atoms with van der Waals surface area (Å²) in [5.74, 6) is 0.889. The molecule has 9 heteroatoms. The van der Waals surface area contributed by atoms with Crippen LogP contribution < -0.4 is 23.4 Å². The summed E-state index contributed by atoms with van der Waals surface area (Å²) >= 11 is 3.57. The van der Waals surface area contributed by atoms with Crippen LogP contribution in [-0.2, 0) is 6.61 Å². The van der Waals surface area contributed by atoms with Gasteiger partial charge in [-0.25, -0.2) is 18.6 Å². The molecular weight excluding hydrogens is 482 g/mol. The summed E-state index contributed by atoms with van der Waals surface area (Å²) in [4.78, 5) is 2.83. The van der Waals surface area contributed by atoms with Crippen molar-refractivity contribution >= 4 is 30.4 Å². The average molecular weight is 495 g/mol. The molecule has 6 nitrogen and oxygen atoms in total. The smallest absolute Gasteiger partial charge is 0.112 e. The minimum atomic E-state index is -4.94. The topological polar surface area (TPSA) is 113 Å². The molecule has 0 bridgehead atoms. The molecule has 25 heavy (non-hydrogen) atoms. The Balaban J connectivity index is 0.000000399. The van der Waals surface area contributed by atoms with E-state index >= 15 is 0 Å². The van der Waals surface area contributed by atoms with Crippen molar-refractivity contribution in [2.75, 3.05) is 0 Å². The Hall–Kier alpha value is -1.22. The molecule has 0 aliphatic rings. The van der Waals surface area contributed by atoms with Crippen molar-refractivity contribution in [2.24, 2.45) is 0 Å². The molecule has 0 spiro atoms. The first-order chi connectivity index (χ1) is 11.8. The van der Waals surface area contributed by atoms with Gasteiger partial charge < -0.3 is 0 Å². The summed E-state index contributed by atoms with van der Waals surface area (Å²) in [6.07, 6.45) is 0. The van der Waals surface area contributed by atoms with E-state index in [1.54, 1.807) is 0 Å². The van der Waals surface area contributed by atoms with E-state index in [2.05, 4.69) is 20.9 Å². The molecule has 0 amide bonds. The molecule has 1 aromatic heterocycles. The van der Waals surface area contributed by atoms with E-state index in [1.807, 2.05) is 54.6 Å². The fourth-order valence-electron chi connectivity index (χ4n) is 1.76. The molecule has 2 aromatic carbocycles. The van der Waals surface area contributed by atoms with Crippen LogP contribution in [0.5, 0.6) is 4.82 Å². The summed E-state index contributed by atoms with van der Waals surface area (Å²) < 4.78 is 46.5. The van der Waals surface area contributed by atoms with Crippen LogP contribution in [0, 0.1) is 10.2 Å². The second-order valence-electron chi connectivity index (χ2n) is 4.61. The summed E-state index contributed by atoms with van der Waals surface area (Å²) in [6.45, 7) is 0.555. The number of hydrogen-bond acceptors (Lipinski definition) is 5. The van der Waals surface area contributed by atoms with Gasteiger partial charge in [0.2, 0.25) is 0 Å². The zero-order valence-electron chi connectivity index (χ0n) is 12.6. The van der Waals surface area contributed by atoms with Crippen LogP contribution in [0.15, 0.2) is 68.4 Å². The minimum Gasteiger partial charge on any atom is -0.222 e. The van der Waals surface area contributed by atoms with Crippen molar-refractivity contribution in [3.63, 3.8) is 0 Å². The molecule has 3 rings (SSSR count). The normalized spacial score (nSPS) is 10.8. The van der Waals surface area contributed by atoms with Crippen molar-refractivity contribution in [2.45, 2.75) is 6.61 Å². The molecule has 0 atom stereocenters. The van der Waals surface area contributed by atoms with E-state index in [0.29, 0.717) is 6.61 Å². The molecule has 0 fully saturated rings. The Morgan fingerprint density at radius 2 is 1.56 bits per heavy atom. The number of benzene rings is 2. The number of rotatable bonds is 4. The third-order valence-electron chi connectivity index (χ3n) is 2.78. The van der Waals surface area contributed by atoms with Crippen molar-refractivity contribution in [3.8, 4) is 16.1 Å². The van der Waals surface area contributed by atoms with Gasteiger partial charge >= 0.3 is 132 Å². The zero-order chi connectivity index (χ0) is 18.3. The summed E-state index contributed by atoms with van der Waals surface area (Å²) in [7, 11) is -4.94. The van der Waals surface area contributed by atoms with E-state index in [9.17, 15) is 0 Å². The van der Waals surface area contributed by atoms with Gasteiger partial charge in [-0.1, -0.05) is 0 Å². The maximum absolute atomic E-state index is 8.49. The first kappa shape index (κ1) is 20.1. The molecule has 0 radical (unpaired) electrons. The Morgan fingerprint density at radius 3 is 2.16 bits per heavy atom. The fraction of sp³-hybridized carbons (Fsp3) is 0.0625. The molecule has 3 aromatic rings. The monoisotopic (exact) mass is 494 g/mol. The largest absolute Gasteiger partial charge is 0.222 e. The van der Waals surface area contributed by atoms with Crippen LogP contribution in [0.2, 0.25) is 0 Å². The van der Waals surface area contributed by atoms with Gasteiger partial charge in [-0.3, -0.25) is 0 Å². The maximum atomic E-state index is 8.49. The van der Waals surface area contributed by atoms with Gasteiger partial charge in [0.15, 0.2) is 0 Å². The predicted octanol–water partition coefficient (Wildman–Crippen LogP) is -0.130. The van der Waals surface area contributed by atoms with E-state index < -0.39 is 10.2 Å². The summed E-state index contributed by atoms with van der Waals surface area (Å²) in [5, 5.41) is 0. The number of ether oxygens (including phenoxy) is 1. The van der Waals surface area contributed by atoms with Gasteiger partial charge in [-0.05, 0) is 0 Å². The maximum Gasteiger partial charge on any atom is -0.112 e. The Bertz CT molecular complexity index is 767. The average Bonchev–Trinajstić information content (AvgIpc) is 3.02. The SMILES string of the molecule is Brc1ccc(-c2c[se]c(OCc3ccccc3)[o+]2)cc1.[O-][Cl+3]([O-])([O-])[O-]. The molecule has 0 aliphatic carbocycles. The fourth-order valence-corrected chi connectivity index (χ4v) is 3.39. The Kier molecular flexibility index (Phi) is 7.61. The molecule has 1 heterocycles. The quantitative estimate of drug-likeness (QED) is 0.369. The third kappa shape index (κ3) is 8.13. The van der Waals surface area contributed by atoms with Gasteiger partial charge in [-0.2, -0.15) is 0 Å². The molecule has 0 saturated carbocycles. The van der Waals surface area contributed by atoms with Crippen LogP contribution in [0.1, 0.15) is 5.56 Å². The first-order valence-corrected chi connectivity index (χ1v) is 10.6. The standard InChI is InChI=1S/C16H12BrO2Se.ClHO4/c17-14-8-6-13(7-9-14)15-11-20-16(19-15)18-10-12-4-2-1-3-5-12;2-1(3,4)5/h1-9,11H,10H2;(H,2,3,4,5)/q+1;/p-1. The van der Waals surface area contributed by atoms with Crippen molar-refractivity contribution in [3.05, 3.63) is 69.6 Å². The van der Waals surface area contributed by atoms with Gasteiger partial charge in [0.25, 0.3) is 0 Å². The predicted molar refractivity (Wildman–Crippen MR) is 84.0 cm³/mol. The second-order valence-corrected chi connectivity index (χ2v) is 7.97. The van der Waals surface area contributed by atoms with E-state index in [4.69, 9.17) is 27.8 Å². The van der Waals surface area contributed by atoms with E-state index in [-0.39, 0.29) is 14.5 Å². The number of hydrogen-bond donors (Lipinski definition) is 0. The Labute approximate surface area is 160 Å². The van der Waals surface area contributed by atoms with Crippen molar-refractivity contribution in [1.29, 1.82) is 0 Å². The van der Waals surface area contributed by atoms with E-state index in [1.165, 1.54) is 0 Å².